The second-order valence-electron chi connectivity index (χ2n) is 3.59. The Morgan fingerprint density at radius 2 is 2.35 bits per heavy atom. The van der Waals surface area contributed by atoms with Crippen LogP contribution in [0, 0.1) is 0 Å². The zero-order chi connectivity index (χ0) is 13.9. The number of nitrogens with zero attached hydrogens (tertiary/aromatic N) is 5. The highest BCUT2D eigenvalue weighted by atomic mass is 32.2. The number of aromatic nitrogens is 5. The summed E-state index contributed by atoms with van der Waals surface area (Å²) in [6, 6.07) is 1.82. The van der Waals surface area contributed by atoms with Gasteiger partial charge in [0.15, 0.2) is 0 Å². The first-order valence-electron chi connectivity index (χ1n) is 5.74. The summed E-state index contributed by atoms with van der Waals surface area (Å²) in [5.41, 5.74) is 0.813. The summed E-state index contributed by atoms with van der Waals surface area (Å²) >= 11 is 1.16. The van der Waals surface area contributed by atoms with Crippen molar-refractivity contribution in [1.82, 2.24) is 24.8 Å². The van der Waals surface area contributed by atoms with Crippen molar-refractivity contribution in [2.45, 2.75) is 17.2 Å². The molecule has 3 rings (SSSR count). The van der Waals surface area contributed by atoms with Crippen LogP contribution in [0.25, 0.3) is 5.52 Å². The lowest BCUT2D eigenvalue weighted by Gasteiger charge is -1.98. The van der Waals surface area contributed by atoms with E-state index in [-0.39, 0.29) is 17.7 Å². The van der Waals surface area contributed by atoms with Crippen molar-refractivity contribution in [2.75, 3.05) is 6.61 Å². The lowest BCUT2D eigenvalue weighted by molar-refractivity contribution is 0.0475. The summed E-state index contributed by atoms with van der Waals surface area (Å²) in [4.78, 5) is 15.6. The predicted molar refractivity (Wildman–Crippen MR) is 67.4 cm³/mol. The zero-order valence-electron chi connectivity index (χ0n) is 10.4. The van der Waals surface area contributed by atoms with Gasteiger partial charge in [-0.25, -0.2) is 14.3 Å². The van der Waals surface area contributed by atoms with Gasteiger partial charge >= 0.3 is 11.9 Å². The second-order valence-corrected chi connectivity index (χ2v) is 4.53. The molecule has 0 saturated heterocycles. The van der Waals surface area contributed by atoms with E-state index in [4.69, 9.17) is 9.15 Å². The van der Waals surface area contributed by atoms with Gasteiger partial charge in [0.05, 0.1) is 18.3 Å². The van der Waals surface area contributed by atoms with Crippen molar-refractivity contribution in [3.63, 3.8) is 0 Å². The molecule has 0 bridgehead atoms. The highest BCUT2D eigenvalue weighted by Gasteiger charge is 2.17. The number of fused-ring (bicyclic) bond motifs is 1. The van der Waals surface area contributed by atoms with Crippen LogP contribution in [-0.2, 0) is 4.74 Å². The quantitative estimate of drug-likeness (QED) is 0.666. The van der Waals surface area contributed by atoms with Gasteiger partial charge < -0.3 is 9.15 Å². The molecule has 3 aromatic rings. The summed E-state index contributed by atoms with van der Waals surface area (Å²) < 4.78 is 11.7. The van der Waals surface area contributed by atoms with E-state index in [9.17, 15) is 4.79 Å². The molecular weight excluding hydrogens is 282 g/mol. The van der Waals surface area contributed by atoms with Crippen LogP contribution in [-0.4, -0.2) is 37.4 Å². The average molecular weight is 291 g/mol. The summed E-state index contributed by atoms with van der Waals surface area (Å²) in [6.07, 6.45) is 5.02. The maximum absolute atomic E-state index is 11.4. The molecule has 8 nitrogen and oxygen atoms in total. The largest absolute Gasteiger partial charge is 0.459 e. The van der Waals surface area contributed by atoms with Crippen LogP contribution in [0.5, 0.6) is 0 Å². The van der Waals surface area contributed by atoms with Crippen molar-refractivity contribution >= 4 is 23.2 Å². The van der Waals surface area contributed by atoms with Crippen LogP contribution in [0.3, 0.4) is 0 Å². The molecule has 0 spiro atoms. The van der Waals surface area contributed by atoms with Gasteiger partial charge in [-0.3, -0.25) is 0 Å². The van der Waals surface area contributed by atoms with E-state index < -0.39 is 5.97 Å². The molecule has 0 N–H and O–H groups in total. The van der Waals surface area contributed by atoms with E-state index in [1.54, 1.807) is 30.0 Å². The molecule has 0 amide bonds. The number of carbonyl (C=O) groups excluding carboxylic acids is 1. The van der Waals surface area contributed by atoms with Crippen molar-refractivity contribution in [2.24, 2.45) is 0 Å². The molecule has 0 saturated carbocycles. The van der Waals surface area contributed by atoms with Crippen molar-refractivity contribution in [1.29, 1.82) is 0 Å². The third kappa shape index (κ3) is 2.35. The summed E-state index contributed by atoms with van der Waals surface area (Å²) in [5.74, 6) is -0.808. The third-order valence-electron chi connectivity index (χ3n) is 2.33. The Kier molecular flexibility index (Phi) is 3.33. The minimum Gasteiger partial charge on any atom is -0.459 e. The van der Waals surface area contributed by atoms with Crippen molar-refractivity contribution < 1.29 is 13.9 Å². The highest BCUT2D eigenvalue weighted by molar-refractivity contribution is 7.99. The van der Waals surface area contributed by atoms with E-state index in [2.05, 4.69) is 20.3 Å². The fraction of sp³-hybridized carbons (Fsp3) is 0.182. The van der Waals surface area contributed by atoms with Gasteiger partial charge in [-0.2, -0.15) is 5.10 Å². The molecule has 3 aromatic heterocycles. The maximum atomic E-state index is 11.4. The Morgan fingerprint density at radius 3 is 3.20 bits per heavy atom. The fourth-order valence-corrected chi connectivity index (χ4v) is 2.27. The first-order valence-corrected chi connectivity index (χ1v) is 6.56. The van der Waals surface area contributed by atoms with Gasteiger partial charge in [-0.15, -0.1) is 5.10 Å². The lowest BCUT2D eigenvalue weighted by atomic mass is 10.5. The van der Waals surface area contributed by atoms with Gasteiger partial charge in [-0.05, 0) is 24.8 Å². The number of ether oxygens (including phenoxy) is 1. The standard InChI is InChI=1S/C11H9N5O3S/c1-2-18-10(17)8-14-15-11(19-8)20-9-7-3-4-13-16(7)6-5-12-9/h3-6H,2H2,1H3. The van der Waals surface area contributed by atoms with Crippen LogP contribution < -0.4 is 0 Å². The first kappa shape index (κ1) is 12.6. The van der Waals surface area contributed by atoms with Crippen LogP contribution in [0.4, 0.5) is 0 Å². The average Bonchev–Trinajstić information content (AvgIpc) is 3.08. The molecule has 0 aliphatic rings. The second kappa shape index (κ2) is 5.29. The minimum absolute atomic E-state index is 0.171. The van der Waals surface area contributed by atoms with E-state index in [0.717, 1.165) is 17.3 Å². The van der Waals surface area contributed by atoms with Crippen LogP contribution in [0.15, 0.2) is 39.3 Å². The Balaban J connectivity index is 1.84. The highest BCUT2D eigenvalue weighted by Crippen LogP contribution is 2.27. The molecule has 0 radical (unpaired) electrons. The third-order valence-corrected chi connectivity index (χ3v) is 3.18. The number of hydrogen-bond acceptors (Lipinski definition) is 8. The molecule has 3 heterocycles. The molecule has 102 valence electrons. The summed E-state index contributed by atoms with van der Waals surface area (Å²) in [7, 11) is 0. The van der Waals surface area contributed by atoms with Crippen molar-refractivity contribution in [3.05, 3.63) is 30.5 Å². The molecule has 0 aliphatic carbocycles. The van der Waals surface area contributed by atoms with Gasteiger partial charge in [-0.1, -0.05) is 5.10 Å². The van der Waals surface area contributed by atoms with Gasteiger partial charge in [0.1, 0.15) is 5.03 Å². The first-order chi connectivity index (χ1) is 9.78. The smallest absolute Gasteiger partial charge is 0.396 e. The predicted octanol–water partition coefficient (Wildman–Crippen LogP) is 1.44. The summed E-state index contributed by atoms with van der Waals surface area (Å²) in [6.45, 7) is 1.95. The monoisotopic (exact) mass is 291 g/mol. The molecule has 0 unspecified atom stereocenters. The van der Waals surface area contributed by atoms with E-state index in [1.165, 1.54) is 0 Å². The number of hydrogen-bond donors (Lipinski definition) is 0. The summed E-state index contributed by atoms with van der Waals surface area (Å²) in [5, 5.41) is 12.4. The Labute approximate surface area is 117 Å². The van der Waals surface area contributed by atoms with Crippen LogP contribution >= 0.6 is 11.8 Å². The van der Waals surface area contributed by atoms with Crippen LogP contribution in [0.1, 0.15) is 17.6 Å². The number of rotatable bonds is 4. The SMILES string of the molecule is CCOC(=O)c1nnc(Sc2nccn3nccc23)o1. The molecule has 0 aromatic carbocycles. The van der Waals surface area contributed by atoms with E-state index in [0.29, 0.717) is 5.03 Å². The Bertz CT molecular complexity index is 753. The molecular formula is C11H9N5O3S. The minimum atomic E-state index is -0.637. The molecule has 0 fully saturated rings. The van der Waals surface area contributed by atoms with Crippen molar-refractivity contribution in [3.8, 4) is 0 Å². The lowest BCUT2D eigenvalue weighted by Crippen LogP contribution is -2.04. The Hall–Kier alpha value is -2.42. The number of carbonyl (C=O) groups is 1. The van der Waals surface area contributed by atoms with Gasteiger partial charge in [0, 0.05) is 12.4 Å². The van der Waals surface area contributed by atoms with Gasteiger partial charge in [0.25, 0.3) is 5.22 Å². The fourth-order valence-electron chi connectivity index (χ4n) is 1.52. The molecule has 20 heavy (non-hydrogen) atoms. The van der Waals surface area contributed by atoms with E-state index in [1.807, 2.05) is 6.07 Å². The topological polar surface area (TPSA) is 95.4 Å². The number of esters is 1. The van der Waals surface area contributed by atoms with E-state index >= 15 is 0 Å². The molecule has 9 heteroatoms. The maximum Gasteiger partial charge on any atom is 0.396 e. The van der Waals surface area contributed by atoms with Gasteiger partial charge in [0.2, 0.25) is 0 Å². The molecule has 0 atom stereocenters. The zero-order valence-corrected chi connectivity index (χ0v) is 11.2. The van der Waals surface area contributed by atoms with Crippen LogP contribution in [0.2, 0.25) is 0 Å². The Morgan fingerprint density at radius 1 is 1.45 bits per heavy atom. The normalized spacial score (nSPS) is 10.8. The molecule has 0 aliphatic heterocycles.